The van der Waals surface area contributed by atoms with Gasteiger partial charge in [0.2, 0.25) is 0 Å². The summed E-state index contributed by atoms with van der Waals surface area (Å²) < 4.78 is 1.01. The number of halogens is 1. The van der Waals surface area contributed by atoms with Gasteiger partial charge in [0.15, 0.2) is 5.84 Å². The smallest absolute Gasteiger partial charge is 0.170 e. The molecule has 3 N–H and O–H groups in total. The van der Waals surface area contributed by atoms with E-state index in [-0.39, 0.29) is 5.84 Å². The maximum Gasteiger partial charge on any atom is 0.170 e. The number of amidine groups is 1. The van der Waals surface area contributed by atoms with Crippen molar-refractivity contribution in [1.82, 2.24) is 0 Å². The number of nitrogens with zero attached hydrogens (tertiary/aromatic N) is 1. The van der Waals surface area contributed by atoms with Crippen LogP contribution in [-0.4, -0.2) is 11.0 Å². The SMILES string of the molecule is Cc1cc(C(N)=NO)ccc1Br. The quantitative estimate of drug-likeness (QED) is 0.334. The first-order chi connectivity index (χ1) is 5.65. The fourth-order valence-corrected chi connectivity index (χ4v) is 1.11. The van der Waals surface area contributed by atoms with Gasteiger partial charge in [-0.2, -0.15) is 0 Å². The molecule has 0 saturated heterocycles. The second-order valence-corrected chi connectivity index (χ2v) is 3.30. The number of rotatable bonds is 1. The van der Waals surface area contributed by atoms with Crippen LogP contribution in [0.15, 0.2) is 27.8 Å². The lowest BCUT2D eigenvalue weighted by atomic mass is 10.1. The number of hydrogen-bond donors (Lipinski definition) is 2. The van der Waals surface area contributed by atoms with Crippen LogP contribution in [0.5, 0.6) is 0 Å². The molecule has 0 aliphatic heterocycles. The van der Waals surface area contributed by atoms with E-state index in [1.165, 1.54) is 0 Å². The highest BCUT2D eigenvalue weighted by molar-refractivity contribution is 9.10. The molecule has 0 aliphatic rings. The van der Waals surface area contributed by atoms with Crippen LogP contribution in [0.1, 0.15) is 11.1 Å². The van der Waals surface area contributed by atoms with Gasteiger partial charge in [0, 0.05) is 10.0 Å². The Balaban J connectivity index is 3.13. The number of hydrogen-bond acceptors (Lipinski definition) is 2. The monoisotopic (exact) mass is 228 g/mol. The first-order valence-electron chi connectivity index (χ1n) is 3.39. The topological polar surface area (TPSA) is 58.6 Å². The molecule has 0 saturated carbocycles. The van der Waals surface area contributed by atoms with Crippen molar-refractivity contribution in [3.8, 4) is 0 Å². The molecule has 4 heteroatoms. The molecular formula is C8H9BrN2O. The molecule has 12 heavy (non-hydrogen) atoms. The summed E-state index contributed by atoms with van der Waals surface area (Å²) in [5, 5.41) is 11.3. The van der Waals surface area contributed by atoms with E-state index >= 15 is 0 Å². The maximum atomic E-state index is 8.40. The van der Waals surface area contributed by atoms with Gasteiger partial charge in [-0.05, 0) is 24.6 Å². The van der Waals surface area contributed by atoms with Crippen molar-refractivity contribution in [2.75, 3.05) is 0 Å². The standard InChI is InChI=1S/C8H9BrN2O/c1-5-4-6(8(10)11-12)2-3-7(5)9/h2-4,12H,1H3,(H2,10,11). The lowest BCUT2D eigenvalue weighted by Gasteiger charge is -2.01. The van der Waals surface area contributed by atoms with Crippen LogP contribution in [0.4, 0.5) is 0 Å². The molecule has 0 aromatic heterocycles. The summed E-state index contributed by atoms with van der Waals surface area (Å²) in [6.45, 7) is 1.94. The minimum atomic E-state index is 0.130. The molecule has 0 aliphatic carbocycles. The Kier molecular flexibility index (Phi) is 2.70. The minimum absolute atomic E-state index is 0.130. The van der Waals surface area contributed by atoms with Gasteiger partial charge in [-0.3, -0.25) is 0 Å². The van der Waals surface area contributed by atoms with Crippen molar-refractivity contribution >= 4 is 21.8 Å². The minimum Gasteiger partial charge on any atom is -0.409 e. The van der Waals surface area contributed by atoms with E-state index in [0.717, 1.165) is 15.6 Å². The van der Waals surface area contributed by atoms with Crippen LogP contribution < -0.4 is 5.73 Å². The van der Waals surface area contributed by atoms with E-state index in [4.69, 9.17) is 10.9 Å². The molecule has 1 aromatic carbocycles. The highest BCUT2D eigenvalue weighted by Crippen LogP contribution is 2.16. The molecule has 0 fully saturated rings. The van der Waals surface area contributed by atoms with Crippen LogP contribution in [-0.2, 0) is 0 Å². The molecular weight excluding hydrogens is 220 g/mol. The predicted molar refractivity (Wildman–Crippen MR) is 51.4 cm³/mol. The molecule has 0 spiro atoms. The second kappa shape index (κ2) is 3.58. The fourth-order valence-electron chi connectivity index (χ4n) is 0.862. The van der Waals surface area contributed by atoms with Gasteiger partial charge < -0.3 is 10.9 Å². The van der Waals surface area contributed by atoms with Crippen molar-refractivity contribution in [3.63, 3.8) is 0 Å². The summed E-state index contributed by atoms with van der Waals surface area (Å²) in [6.07, 6.45) is 0. The lowest BCUT2D eigenvalue weighted by Crippen LogP contribution is -2.12. The van der Waals surface area contributed by atoms with E-state index in [1.54, 1.807) is 6.07 Å². The van der Waals surface area contributed by atoms with Crippen molar-refractivity contribution in [2.24, 2.45) is 10.9 Å². The Morgan fingerprint density at radius 2 is 2.25 bits per heavy atom. The van der Waals surface area contributed by atoms with Crippen LogP contribution >= 0.6 is 15.9 Å². The maximum absolute atomic E-state index is 8.40. The highest BCUT2D eigenvalue weighted by atomic mass is 79.9. The van der Waals surface area contributed by atoms with Gasteiger partial charge in [-0.25, -0.2) is 0 Å². The fraction of sp³-hybridized carbons (Fsp3) is 0.125. The van der Waals surface area contributed by atoms with Gasteiger partial charge in [-0.15, -0.1) is 0 Å². The van der Waals surface area contributed by atoms with Crippen molar-refractivity contribution < 1.29 is 5.21 Å². The molecule has 0 bridgehead atoms. The Morgan fingerprint density at radius 3 is 2.75 bits per heavy atom. The molecule has 0 heterocycles. The Labute approximate surface area is 79.0 Å². The van der Waals surface area contributed by atoms with Gasteiger partial charge >= 0.3 is 0 Å². The van der Waals surface area contributed by atoms with Gasteiger partial charge in [0.1, 0.15) is 0 Å². The average molecular weight is 229 g/mol. The second-order valence-electron chi connectivity index (χ2n) is 2.45. The summed E-state index contributed by atoms with van der Waals surface area (Å²) in [7, 11) is 0. The largest absolute Gasteiger partial charge is 0.409 e. The number of benzene rings is 1. The summed E-state index contributed by atoms with van der Waals surface area (Å²) in [6, 6.07) is 5.49. The molecule has 0 radical (unpaired) electrons. The predicted octanol–water partition coefficient (Wildman–Crippen LogP) is 1.85. The van der Waals surface area contributed by atoms with Gasteiger partial charge in [-0.1, -0.05) is 27.2 Å². The number of oxime groups is 1. The zero-order valence-electron chi connectivity index (χ0n) is 6.58. The Hall–Kier alpha value is -1.03. The Morgan fingerprint density at radius 1 is 1.58 bits per heavy atom. The van der Waals surface area contributed by atoms with Crippen molar-refractivity contribution in [1.29, 1.82) is 0 Å². The molecule has 64 valence electrons. The summed E-state index contributed by atoms with van der Waals surface area (Å²) in [4.78, 5) is 0. The Bertz CT molecular complexity index is 323. The third-order valence-corrected chi connectivity index (χ3v) is 2.45. The van der Waals surface area contributed by atoms with E-state index in [1.807, 2.05) is 19.1 Å². The molecule has 0 unspecified atom stereocenters. The normalized spacial score (nSPS) is 11.7. The van der Waals surface area contributed by atoms with Crippen molar-refractivity contribution in [3.05, 3.63) is 33.8 Å². The van der Waals surface area contributed by atoms with Crippen LogP contribution in [0, 0.1) is 6.92 Å². The van der Waals surface area contributed by atoms with E-state index in [2.05, 4.69) is 21.1 Å². The lowest BCUT2D eigenvalue weighted by molar-refractivity contribution is 0.318. The summed E-state index contributed by atoms with van der Waals surface area (Å²) >= 11 is 3.36. The highest BCUT2D eigenvalue weighted by Gasteiger charge is 2.00. The van der Waals surface area contributed by atoms with E-state index in [0.29, 0.717) is 0 Å². The van der Waals surface area contributed by atoms with Crippen LogP contribution in [0.3, 0.4) is 0 Å². The zero-order valence-corrected chi connectivity index (χ0v) is 8.17. The third kappa shape index (κ3) is 1.76. The summed E-state index contributed by atoms with van der Waals surface area (Å²) in [5.41, 5.74) is 7.17. The first-order valence-corrected chi connectivity index (χ1v) is 4.18. The third-order valence-electron chi connectivity index (χ3n) is 1.56. The molecule has 3 nitrogen and oxygen atoms in total. The molecule has 0 amide bonds. The number of aryl methyl sites for hydroxylation is 1. The van der Waals surface area contributed by atoms with Gasteiger partial charge in [0.05, 0.1) is 0 Å². The van der Waals surface area contributed by atoms with Gasteiger partial charge in [0.25, 0.3) is 0 Å². The number of nitrogens with two attached hydrogens (primary N) is 1. The molecule has 0 atom stereocenters. The van der Waals surface area contributed by atoms with Crippen LogP contribution in [0.25, 0.3) is 0 Å². The van der Waals surface area contributed by atoms with Crippen molar-refractivity contribution in [2.45, 2.75) is 6.92 Å². The van der Waals surface area contributed by atoms with Crippen LogP contribution in [0.2, 0.25) is 0 Å². The summed E-state index contributed by atoms with van der Waals surface area (Å²) in [5.74, 6) is 0.130. The van der Waals surface area contributed by atoms with E-state index in [9.17, 15) is 0 Å². The average Bonchev–Trinajstić information content (AvgIpc) is 2.08. The molecule has 1 rings (SSSR count). The first kappa shape index (κ1) is 9.06. The molecule has 1 aromatic rings. The zero-order chi connectivity index (χ0) is 9.14. The van der Waals surface area contributed by atoms with E-state index < -0.39 is 0 Å².